The van der Waals surface area contributed by atoms with Crippen molar-refractivity contribution in [3.05, 3.63) is 29.5 Å². The first-order chi connectivity index (χ1) is 13.2. The first-order valence-corrected chi connectivity index (χ1v) is 12.5. The fraction of sp³-hybridized carbons (Fsp3) is 0.600. The summed E-state index contributed by atoms with van der Waals surface area (Å²) in [6.07, 6.45) is 7.53. The van der Waals surface area contributed by atoms with Gasteiger partial charge in [0.05, 0.1) is 22.0 Å². The van der Waals surface area contributed by atoms with E-state index in [0.29, 0.717) is 15.9 Å². The van der Waals surface area contributed by atoms with Crippen LogP contribution >= 0.6 is 34.9 Å². The van der Waals surface area contributed by atoms with E-state index in [-0.39, 0.29) is 18.5 Å². The number of rotatable bonds is 4. The fourth-order valence-corrected chi connectivity index (χ4v) is 9.66. The molecule has 2 unspecified atom stereocenters. The molecule has 7 heteroatoms. The van der Waals surface area contributed by atoms with Crippen molar-refractivity contribution in [1.82, 2.24) is 4.98 Å². The number of furan rings is 1. The maximum Gasteiger partial charge on any atom is 0.309 e. The summed E-state index contributed by atoms with van der Waals surface area (Å²) in [5.41, 5.74) is 0.800. The Balaban J connectivity index is 1.21. The minimum absolute atomic E-state index is 0.0257. The second-order valence-corrected chi connectivity index (χ2v) is 11.5. The molecule has 5 rings (SSSR count). The molecule has 3 aliphatic rings. The van der Waals surface area contributed by atoms with Crippen LogP contribution in [0.3, 0.4) is 0 Å². The number of thiazole rings is 1. The van der Waals surface area contributed by atoms with E-state index in [9.17, 15) is 4.79 Å². The number of hydrogen-bond donors (Lipinski definition) is 0. The lowest BCUT2D eigenvalue weighted by Crippen LogP contribution is -2.48. The maximum absolute atomic E-state index is 12.8. The molecular formula is C20H23NO3S3. The minimum Gasteiger partial charge on any atom is -0.462 e. The summed E-state index contributed by atoms with van der Waals surface area (Å²) in [6, 6.07) is 3.74. The van der Waals surface area contributed by atoms with E-state index in [4.69, 9.17) is 9.15 Å². The van der Waals surface area contributed by atoms with Gasteiger partial charge in [0, 0.05) is 16.9 Å². The predicted octanol–water partition coefficient (Wildman–Crippen LogP) is 5.45. The Bertz CT molecular complexity index is 781. The van der Waals surface area contributed by atoms with Crippen molar-refractivity contribution in [3.8, 4) is 10.8 Å². The Labute approximate surface area is 171 Å². The molecule has 2 saturated carbocycles. The predicted molar refractivity (Wildman–Crippen MR) is 111 cm³/mol. The van der Waals surface area contributed by atoms with Crippen LogP contribution in [0.15, 0.2) is 28.2 Å². The molecule has 2 bridgehead atoms. The second-order valence-electron chi connectivity index (χ2n) is 7.64. The van der Waals surface area contributed by atoms with Gasteiger partial charge in [0.1, 0.15) is 6.61 Å². The quantitative estimate of drug-likeness (QED) is 0.612. The van der Waals surface area contributed by atoms with Gasteiger partial charge in [0.25, 0.3) is 0 Å². The van der Waals surface area contributed by atoms with Crippen molar-refractivity contribution in [2.45, 2.75) is 42.8 Å². The number of esters is 1. The van der Waals surface area contributed by atoms with Gasteiger partial charge in [-0.2, -0.15) is 0 Å². The van der Waals surface area contributed by atoms with Crippen molar-refractivity contribution in [2.24, 2.45) is 17.8 Å². The Hall–Kier alpha value is -0.920. The van der Waals surface area contributed by atoms with Gasteiger partial charge in [-0.25, -0.2) is 4.98 Å². The first-order valence-electron chi connectivity index (χ1n) is 9.67. The summed E-state index contributed by atoms with van der Waals surface area (Å²) in [7, 11) is 0. The van der Waals surface area contributed by atoms with Crippen molar-refractivity contribution < 1.29 is 13.9 Å². The van der Waals surface area contributed by atoms with E-state index in [2.05, 4.69) is 28.5 Å². The maximum atomic E-state index is 12.8. The molecule has 2 aliphatic carbocycles. The largest absolute Gasteiger partial charge is 0.462 e. The highest BCUT2D eigenvalue weighted by Crippen LogP contribution is 2.64. The smallest absolute Gasteiger partial charge is 0.309 e. The van der Waals surface area contributed by atoms with Gasteiger partial charge < -0.3 is 9.15 Å². The number of carbonyl (C=O) groups excluding carboxylic acids is 1. The summed E-state index contributed by atoms with van der Waals surface area (Å²) in [6.45, 7) is 0.260. The van der Waals surface area contributed by atoms with E-state index in [1.807, 2.05) is 17.5 Å². The van der Waals surface area contributed by atoms with Crippen LogP contribution in [0.5, 0.6) is 0 Å². The van der Waals surface area contributed by atoms with Crippen LogP contribution < -0.4 is 0 Å². The number of aromatic nitrogens is 1. The summed E-state index contributed by atoms with van der Waals surface area (Å²) < 4.78 is 11.5. The van der Waals surface area contributed by atoms with Crippen LogP contribution in [0, 0.1) is 17.8 Å². The highest BCUT2D eigenvalue weighted by molar-refractivity contribution is 8.21. The fourth-order valence-electron chi connectivity index (χ4n) is 4.95. The molecular weight excluding hydrogens is 398 g/mol. The SMILES string of the molecule is O=C(OCc1csc(-c2ccco2)n1)C1CC2CCCC(C1)C21SCCS1. The van der Waals surface area contributed by atoms with Gasteiger partial charge in [-0.15, -0.1) is 34.9 Å². The van der Waals surface area contributed by atoms with Crippen LogP contribution in [0.2, 0.25) is 0 Å². The minimum atomic E-state index is -0.0257. The lowest BCUT2D eigenvalue weighted by molar-refractivity contribution is -0.153. The summed E-state index contributed by atoms with van der Waals surface area (Å²) >= 11 is 5.87. The Morgan fingerprint density at radius 3 is 2.74 bits per heavy atom. The molecule has 1 spiro atoms. The van der Waals surface area contributed by atoms with E-state index >= 15 is 0 Å². The molecule has 3 heterocycles. The molecule has 1 aliphatic heterocycles. The topological polar surface area (TPSA) is 52.3 Å². The van der Waals surface area contributed by atoms with Crippen LogP contribution in [-0.2, 0) is 16.1 Å². The standard InChI is InChI=1S/C20H23NO3S3/c22-19(24-11-16-12-25-18(21-16)17-5-2-6-23-17)13-9-14-3-1-4-15(10-13)20(14)26-7-8-27-20/h2,5-6,12-15H,1,3-4,7-11H2. The Morgan fingerprint density at radius 2 is 2.04 bits per heavy atom. The summed E-state index contributed by atoms with van der Waals surface area (Å²) in [5.74, 6) is 4.69. The van der Waals surface area contributed by atoms with Crippen LogP contribution in [0.4, 0.5) is 0 Å². The van der Waals surface area contributed by atoms with Crippen molar-refractivity contribution in [1.29, 1.82) is 0 Å². The molecule has 2 aromatic heterocycles. The number of hydrogen-bond acceptors (Lipinski definition) is 7. The van der Waals surface area contributed by atoms with Gasteiger partial charge in [-0.05, 0) is 49.7 Å². The number of nitrogens with zero attached hydrogens (tertiary/aromatic N) is 1. The highest BCUT2D eigenvalue weighted by atomic mass is 32.2. The third kappa shape index (κ3) is 3.36. The van der Waals surface area contributed by atoms with E-state index in [1.54, 1.807) is 6.26 Å². The molecule has 2 aromatic rings. The zero-order chi connectivity index (χ0) is 18.3. The Kier molecular flexibility index (Phi) is 5.03. The van der Waals surface area contributed by atoms with Crippen LogP contribution in [0.1, 0.15) is 37.8 Å². The normalized spacial score (nSPS) is 29.1. The Morgan fingerprint density at radius 1 is 1.26 bits per heavy atom. The van der Waals surface area contributed by atoms with E-state index in [1.165, 1.54) is 42.1 Å². The molecule has 0 aromatic carbocycles. The third-order valence-corrected chi connectivity index (χ3v) is 11.0. The van der Waals surface area contributed by atoms with Gasteiger partial charge in [-0.3, -0.25) is 4.79 Å². The number of thioether (sulfide) groups is 2. The van der Waals surface area contributed by atoms with Crippen molar-refractivity contribution >= 4 is 40.8 Å². The highest BCUT2D eigenvalue weighted by Gasteiger charge is 2.55. The second kappa shape index (κ2) is 7.48. The molecule has 1 saturated heterocycles. The lowest BCUT2D eigenvalue weighted by atomic mass is 9.67. The lowest BCUT2D eigenvalue weighted by Gasteiger charge is -2.51. The molecule has 3 fully saturated rings. The zero-order valence-electron chi connectivity index (χ0n) is 15.1. The average molecular weight is 422 g/mol. The monoisotopic (exact) mass is 421 g/mol. The summed E-state index contributed by atoms with van der Waals surface area (Å²) in [5, 5.41) is 2.78. The molecule has 0 N–H and O–H groups in total. The van der Waals surface area contributed by atoms with Crippen LogP contribution in [0.25, 0.3) is 10.8 Å². The molecule has 144 valence electrons. The summed E-state index contributed by atoms with van der Waals surface area (Å²) in [4.78, 5) is 17.3. The number of carbonyl (C=O) groups is 1. The molecule has 27 heavy (non-hydrogen) atoms. The molecule has 0 amide bonds. The van der Waals surface area contributed by atoms with Gasteiger partial charge in [0.2, 0.25) is 0 Å². The van der Waals surface area contributed by atoms with Crippen LogP contribution in [-0.4, -0.2) is 26.5 Å². The van der Waals surface area contributed by atoms with E-state index in [0.717, 1.165) is 29.3 Å². The van der Waals surface area contributed by atoms with E-state index < -0.39 is 0 Å². The average Bonchev–Trinajstić information content (AvgIpc) is 3.41. The first kappa shape index (κ1) is 18.1. The zero-order valence-corrected chi connectivity index (χ0v) is 17.5. The van der Waals surface area contributed by atoms with Gasteiger partial charge in [-0.1, -0.05) is 6.42 Å². The van der Waals surface area contributed by atoms with Crippen molar-refractivity contribution in [3.63, 3.8) is 0 Å². The van der Waals surface area contributed by atoms with Gasteiger partial charge in [0.15, 0.2) is 10.8 Å². The molecule has 4 nitrogen and oxygen atoms in total. The van der Waals surface area contributed by atoms with Crippen molar-refractivity contribution in [2.75, 3.05) is 11.5 Å². The molecule has 0 radical (unpaired) electrons. The van der Waals surface area contributed by atoms with Gasteiger partial charge >= 0.3 is 5.97 Å². The molecule has 2 atom stereocenters. The number of ether oxygens (including phenoxy) is 1. The third-order valence-electron chi connectivity index (χ3n) is 6.10.